The third kappa shape index (κ3) is 5.63. The molecule has 0 fully saturated rings. The maximum absolute atomic E-state index is 13.4. The average molecular weight is 625 g/mol. The van der Waals surface area contributed by atoms with Crippen LogP contribution >= 0.6 is 27.5 Å². The molecule has 11 heteroatoms. The fourth-order valence-corrected chi connectivity index (χ4v) is 5.61. The number of nitrogens with zero attached hydrogens (tertiary/aromatic N) is 2. The van der Waals surface area contributed by atoms with Crippen LogP contribution in [0.4, 0.5) is 5.69 Å². The molecular weight excluding hydrogens is 606 g/mol. The molecule has 1 N–H and O–H groups in total. The fourth-order valence-electron chi connectivity index (χ4n) is 3.98. The molecule has 196 valence electrons. The Bertz CT molecular complexity index is 1850. The van der Waals surface area contributed by atoms with Crippen molar-refractivity contribution in [1.29, 1.82) is 0 Å². The quantitative estimate of drug-likeness (QED) is 0.164. The van der Waals surface area contributed by atoms with Gasteiger partial charge in [0.2, 0.25) is 20.8 Å². The number of halogens is 2. The van der Waals surface area contributed by atoms with Crippen molar-refractivity contribution in [3.05, 3.63) is 117 Å². The summed E-state index contributed by atoms with van der Waals surface area (Å²) in [6.07, 6.45) is 1.06. The predicted molar refractivity (Wildman–Crippen MR) is 151 cm³/mol. The number of fused-ring (bicyclic) bond motifs is 1. The second-order valence-electron chi connectivity index (χ2n) is 8.69. The minimum atomic E-state index is -4.00. The molecule has 8 nitrogen and oxygen atoms in total. The van der Waals surface area contributed by atoms with E-state index in [2.05, 4.69) is 31.2 Å². The zero-order chi connectivity index (χ0) is 27.7. The first-order valence-corrected chi connectivity index (χ1v) is 14.4. The number of hydrogen-bond acceptors (Lipinski definition) is 7. The Kier molecular flexibility index (Phi) is 7.35. The number of hydrogen-bond donors (Lipinski definition) is 1. The number of anilines is 1. The minimum absolute atomic E-state index is 0.0932. The van der Waals surface area contributed by atoms with Gasteiger partial charge in [0, 0.05) is 15.4 Å². The standard InChI is InChI=1S/C28H19BrClN3O5S/c1-16-5-4-6-17(13-16)15-39(36,37)28-31-14-21(30)24(33-28)27(35)32-23-20-7-2-3-8-22(20)38-26(23)25(34)18-9-11-19(29)12-10-18/h2-14H,15H2,1H3,(H,32,35). The van der Waals surface area contributed by atoms with Crippen molar-refractivity contribution in [3.8, 4) is 0 Å². The van der Waals surface area contributed by atoms with Gasteiger partial charge in [-0.2, -0.15) is 0 Å². The summed E-state index contributed by atoms with van der Waals surface area (Å²) >= 11 is 9.56. The molecule has 0 spiro atoms. The van der Waals surface area contributed by atoms with Crippen LogP contribution in [0.5, 0.6) is 0 Å². The number of furan rings is 1. The summed E-state index contributed by atoms with van der Waals surface area (Å²) in [5, 5.41) is 2.44. The normalized spacial score (nSPS) is 11.5. The van der Waals surface area contributed by atoms with Crippen molar-refractivity contribution in [2.45, 2.75) is 17.8 Å². The highest BCUT2D eigenvalue weighted by Crippen LogP contribution is 2.33. The van der Waals surface area contributed by atoms with Gasteiger partial charge in [0.25, 0.3) is 5.91 Å². The molecule has 1 amide bonds. The van der Waals surface area contributed by atoms with E-state index >= 15 is 0 Å². The van der Waals surface area contributed by atoms with Crippen molar-refractivity contribution >= 4 is 65.7 Å². The highest BCUT2D eigenvalue weighted by atomic mass is 79.9. The predicted octanol–water partition coefficient (Wildman–Crippen LogP) is 6.40. The van der Waals surface area contributed by atoms with Crippen molar-refractivity contribution in [1.82, 2.24) is 9.97 Å². The Morgan fingerprint density at radius 1 is 1.03 bits per heavy atom. The van der Waals surface area contributed by atoms with E-state index in [0.29, 0.717) is 22.1 Å². The number of rotatable bonds is 7. The number of amides is 1. The Balaban J connectivity index is 1.50. The summed E-state index contributed by atoms with van der Waals surface area (Å²) in [6.45, 7) is 1.85. The molecule has 0 saturated carbocycles. The molecule has 0 bridgehead atoms. The van der Waals surface area contributed by atoms with E-state index in [-0.39, 0.29) is 27.9 Å². The highest BCUT2D eigenvalue weighted by Gasteiger charge is 2.27. The lowest BCUT2D eigenvalue weighted by Crippen LogP contribution is -2.19. The van der Waals surface area contributed by atoms with E-state index in [0.717, 1.165) is 16.2 Å². The summed E-state index contributed by atoms with van der Waals surface area (Å²) in [6, 6.07) is 20.5. The molecule has 5 aromatic rings. The van der Waals surface area contributed by atoms with Gasteiger partial charge in [-0.1, -0.05) is 69.5 Å². The Labute approximate surface area is 237 Å². The van der Waals surface area contributed by atoms with Gasteiger partial charge in [-0.15, -0.1) is 0 Å². The number of carbonyl (C=O) groups excluding carboxylic acids is 2. The van der Waals surface area contributed by atoms with Gasteiger partial charge < -0.3 is 9.73 Å². The van der Waals surface area contributed by atoms with Gasteiger partial charge in [0.05, 0.1) is 22.7 Å². The van der Waals surface area contributed by atoms with Crippen LogP contribution in [0.2, 0.25) is 5.02 Å². The van der Waals surface area contributed by atoms with E-state index in [1.165, 1.54) is 0 Å². The van der Waals surface area contributed by atoms with Crippen LogP contribution < -0.4 is 5.32 Å². The smallest absolute Gasteiger partial charge is 0.276 e. The lowest BCUT2D eigenvalue weighted by molar-refractivity contribution is 0.101. The van der Waals surface area contributed by atoms with Gasteiger partial charge in [-0.3, -0.25) is 9.59 Å². The number of ketones is 1. The molecule has 0 aliphatic heterocycles. The van der Waals surface area contributed by atoms with E-state index in [1.54, 1.807) is 66.7 Å². The largest absolute Gasteiger partial charge is 0.450 e. The number of sulfone groups is 1. The molecule has 0 unspecified atom stereocenters. The van der Waals surface area contributed by atoms with E-state index < -0.39 is 26.7 Å². The maximum atomic E-state index is 13.4. The van der Waals surface area contributed by atoms with E-state index in [4.69, 9.17) is 16.0 Å². The van der Waals surface area contributed by atoms with Crippen LogP contribution in [0.3, 0.4) is 0 Å². The monoisotopic (exact) mass is 623 g/mol. The van der Waals surface area contributed by atoms with Gasteiger partial charge >= 0.3 is 0 Å². The minimum Gasteiger partial charge on any atom is -0.450 e. The molecule has 0 saturated heterocycles. The lowest BCUT2D eigenvalue weighted by Gasteiger charge is -2.09. The maximum Gasteiger partial charge on any atom is 0.276 e. The zero-order valence-electron chi connectivity index (χ0n) is 20.3. The van der Waals surface area contributed by atoms with Crippen molar-refractivity contribution in [3.63, 3.8) is 0 Å². The van der Waals surface area contributed by atoms with Crippen molar-refractivity contribution in [2.24, 2.45) is 0 Å². The molecule has 0 aliphatic carbocycles. The van der Waals surface area contributed by atoms with Crippen LogP contribution in [0, 0.1) is 6.92 Å². The first-order chi connectivity index (χ1) is 18.6. The Morgan fingerprint density at radius 2 is 1.77 bits per heavy atom. The topological polar surface area (TPSA) is 119 Å². The van der Waals surface area contributed by atoms with E-state index in [1.807, 2.05) is 13.0 Å². The fraction of sp³-hybridized carbons (Fsp3) is 0.0714. The molecular formula is C28H19BrClN3O5S. The molecule has 0 radical (unpaired) electrons. The molecule has 3 aromatic carbocycles. The lowest BCUT2D eigenvalue weighted by atomic mass is 10.1. The second-order valence-corrected chi connectivity index (χ2v) is 11.9. The summed E-state index contributed by atoms with van der Waals surface area (Å²) in [5.74, 6) is -1.73. The SMILES string of the molecule is Cc1cccc(CS(=O)(=O)c2ncc(Cl)c(C(=O)Nc3c(C(=O)c4ccc(Br)cc4)oc4ccccc34)n2)c1. The average Bonchev–Trinajstić information content (AvgIpc) is 3.26. The highest BCUT2D eigenvalue weighted by molar-refractivity contribution is 9.10. The summed E-state index contributed by atoms with van der Waals surface area (Å²) in [7, 11) is -4.00. The molecule has 2 aromatic heterocycles. The number of aryl methyl sites for hydroxylation is 1. The summed E-state index contributed by atoms with van der Waals surface area (Å²) in [5.41, 5.74) is 1.94. The van der Waals surface area contributed by atoms with Crippen molar-refractivity contribution < 1.29 is 22.4 Å². The van der Waals surface area contributed by atoms with Crippen LogP contribution in [-0.2, 0) is 15.6 Å². The van der Waals surface area contributed by atoms with Crippen LogP contribution in [-0.4, -0.2) is 30.1 Å². The number of nitrogens with one attached hydrogen (secondary N) is 1. The number of para-hydroxylation sites is 1. The van der Waals surface area contributed by atoms with Gasteiger partial charge in [-0.25, -0.2) is 18.4 Å². The molecule has 0 atom stereocenters. The van der Waals surface area contributed by atoms with E-state index in [9.17, 15) is 18.0 Å². The molecule has 39 heavy (non-hydrogen) atoms. The number of benzene rings is 3. The first kappa shape index (κ1) is 26.7. The van der Waals surface area contributed by atoms with Gasteiger partial charge in [0.15, 0.2) is 11.5 Å². The molecule has 2 heterocycles. The Hall–Kier alpha value is -3.86. The first-order valence-electron chi connectivity index (χ1n) is 11.6. The summed E-state index contributed by atoms with van der Waals surface area (Å²) in [4.78, 5) is 34.6. The van der Waals surface area contributed by atoms with Gasteiger partial charge in [-0.05, 0) is 48.9 Å². The third-order valence-corrected chi connectivity index (χ3v) is 8.07. The van der Waals surface area contributed by atoms with Crippen molar-refractivity contribution in [2.75, 3.05) is 5.32 Å². The summed E-state index contributed by atoms with van der Waals surface area (Å²) < 4.78 is 32.7. The molecule has 5 rings (SSSR count). The van der Waals surface area contributed by atoms with Crippen LogP contribution in [0.1, 0.15) is 37.7 Å². The van der Waals surface area contributed by atoms with Crippen LogP contribution in [0.15, 0.2) is 93.0 Å². The van der Waals surface area contributed by atoms with Crippen LogP contribution in [0.25, 0.3) is 11.0 Å². The number of carbonyl (C=O) groups is 2. The number of aromatic nitrogens is 2. The molecule has 0 aliphatic rings. The Morgan fingerprint density at radius 3 is 2.51 bits per heavy atom. The third-order valence-electron chi connectivity index (χ3n) is 5.80. The second kappa shape index (κ2) is 10.7. The van der Waals surface area contributed by atoms with Gasteiger partial charge in [0.1, 0.15) is 5.58 Å². The zero-order valence-corrected chi connectivity index (χ0v) is 23.5.